The van der Waals surface area contributed by atoms with E-state index >= 15 is 0 Å². The van der Waals surface area contributed by atoms with Gasteiger partial charge in [-0.15, -0.1) is 0 Å². The van der Waals surface area contributed by atoms with Gasteiger partial charge in [0.05, 0.1) is 5.92 Å². The first-order valence-corrected chi connectivity index (χ1v) is 6.74. The first-order valence-electron chi connectivity index (χ1n) is 6.74. The van der Waals surface area contributed by atoms with E-state index in [1.54, 1.807) is 0 Å². The van der Waals surface area contributed by atoms with Gasteiger partial charge < -0.3 is 10.6 Å². The summed E-state index contributed by atoms with van der Waals surface area (Å²) in [6.07, 6.45) is 6.49. The van der Waals surface area contributed by atoms with Crippen LogP contribution < -0.4 is 10.6 Å². The first-order chi connectivity index (χ1) is 8.20. The van der Waals surface area contributed by atoms with Gasteiger partial charge in [0.1, 0.15) is 0 Å². The third-order valence-electron chi connectivity index (χ3n) is 4.59. The van der Waals surface area contributed by atoms with Crippen LogP contribution >= 0.6 is 0 Å². The maximum atomic E-state index is 12.0. The van der Waals surface area contributed by atoms with Gasteiger partial charge in [0.2, 0.25) is 11.8 Å². The fourth-order valence-corrected chi connectivity index (χ4v) is 2.95. The smallest absolute Gasteiger partial charge is 0.224 e. The fourth-order valence-electron chi connectivity index (χ4n) is 2.95. The monoisotopic (exact) mass is 236 g/mol. The second-order valence-corrected chi connectivity index (χ2v) is 5.89. The summed E-state index contributed by atoms with van der Waals surface area (Å²) in [5.74, 6) is 1.08. The summed E-state index contributed by atoms with van der Waals surface area (Å²) in [6, 6.07) is 0. The van der Waals surface area contributed by atoms with E-state index in [0.29, 0.717) is 24.8 Å². The number of hydrogen-bond donors (Lipinski definition) is 2. The Balaban J connectivity index is 1.45. The van der Waals surface area contributed by atoms with Gasteiger partial charge in [-0.3, -0.25) is 9.59 Å². The highest BCUT2D eigenvalue weighted by Crippen LogP contribution is 2.60. The number of amides is 2. The van der Waals surface area contributed by atoms with Gasteiger partial charge in [-0.2, -0.15) is 0 Å². The van der Waals surface area contributed by atoms with Crippen LogP contribution in [0.2, 0.25) is 0 Å². The van der Waals surface area contributed by atoms with E-state index in [0.717, 1.165) is 12.5 Å². The van der Waals surface area contributed by atoms with Gasteiger partial charge in [0.15, 0.2) is 0 Å². The minimum Gasteiger partial charge on any atom is -0.355 e. The summed E-state index contributed by atoms with van der Waals surface area (Å²) in [5.41, 5.74) is 0.466. The average molecular weight is 236 g/mol. The van der Waals surface area contributed by atoms with Gasteiger partial charge in [-0.1, -0.05) is 0 Å². The molecule has 1 unspecified atom stereocenters. The largest absolute Gasteiger partial charge is 0.355 e. The van der Waals surface area contributed by atoms with E-state index in [2.05, 4.69) is 10.6 Å². The fraction of sp³-hybridized carbons (Fsp3) is 0.846. The van der Waals surface area contributed by atoms with Crippen molar-refractivity contribution < 1.29 is 9.59 Å². The van der Waals surface area contributed by atoms with E-state index in [4.69, 9.17) is 0 Å². The van der Waals surface area contributed by atoms with Crippen molar-refractivity contribution >= 4 is 11.8 Å². The Labute approximate surface area is 102 Å². The molecule has 3 rings (SSSR count). The van der Waals surface area contributed by atoms with Crippen LogP contribution in [0.3, 0.4) is 0 Å². The lowest BCUT2D eigenvalue weighted by atomic mass is 9.96. The van der Waals surface area contributed by atoms with Gasteiger partial charge in [0, 0.05) is 19.5 Å². The third-order valence-corrected chi connectivity index (χ3v) is 4.59. The van der Waals surface area contributed by atoms with E-state index in [1.165, 1.54) is 25.7 Å². The zero-order valence-corrected chi connectivity index (χ0v) is 10.1. The van der Waals surface area contributed by atoms with Crippen LogP contribution in [0.25, 0.3) is 0 Å². The number of piperidine rings is 1. The molecule has 2 saturated carbocycles. The Bertz CT molecular complexity index is 335. The molecule has 17 heavy (non-hydrogen) atoms. The van der Waals surface area contributed by atoms with Crippen LogP contribution in [0.4, 0.5) is 0 Å². The van der Waals surface area contributed by atoms with Crippen molar-refractivity contribution in [2.75, 3.05) is 13.1 Å². The molecular formula is C13H20N2O2. The molecule has 4 heteroatoms. The minimum absolute atomic E-state index is 0.0114. The van der Waals surface area contributed by atoms with Crippen LogP contribution in [0.1, 0.15) is 38.5 Å². The van der Waals surface area contributed by atoms with Gasteiger partial charge in [-0.05, 0) is 43.4 Å². The Kier molecular flexibility index (Phi) is 2.60. The summed E-state index contributed by atoms with van der Waals surface area (Å²) in [6.45, 7) is 1.38. The van der Waals surface area contributed by atoms with Crippen molar-refractivity contribution in [1.29, 1.82) is 0 Å². The van der Waals surface area contributed by atoms with Crippen molar-refractivity contribution in [3.05, 3.63) is 0 Å². The molecule has 94 valence electrons. The SMILES string of the molecule is O=C1CCC(C(=O)NCC2(C3CC3)CC2)CN1. The predicted octanol–water partition coefficient (Wildman–Crippen LogP) is 0.819. The molecule has 2 N–H and O–H groups in total. The van der Waals surface area contributed by atoms with Crippen molar-refractivity contribution in [2.45, 2.75) is 38.5 Å². The molecule has 2 aliphatic carbocycles. The van der Waals surface area contributed by atoms with Gasteiger partial charge in [-0.25, -0.2) is 0 Å². The summed E-state index contributed by atoms with van der Waals surface area (Å²) >= 11 is 0. The van der Waals surface area contributed by atoms with Crippen LogP contribution in [0.5, 0.6) is 0 Å². The first kappa shape index (κ1) is 11.1. The highest BCUT2D eigenvalue weighted by molar-refractivity contribution is 5.83. The molecule has 0 radical (unpaired) electrons. The highest BCUT2D eigenvalue weighted by atomic mass is 16.2. The lowest BCUT2D eigenvalue weighted by Gasteiger charge is -2.23. The molecule has 0 aromatic carbocycles. The molecule has 0 bridgehead atoms. The van der Waals surface area contributed by atoms with Gasteiger partial charge in [0.25, 0.3) is 0 Å². The average Bonchev–Trinajstić information content (AvgIpc) is 3.17. The maximum Gasteiger partial charge on any atom is 0.224 e. The van der Waals surface area contributed by atoms with Crippen LogP contribution in [0.15, 0.2) is 0 Å². The third kappa shape index (κ3) is 2.31. The summed E-state index contributed by atoms with van der Waals surface area (Å²) in [5, 5.41) is 5.86. The topological polar surface area (TPSA) is 58.2 Å². The van der Waals surface area contributed by atoms with Crippen molar-refractivity contribution in [3.63, 3.8) is 0 Å². The summed E-state index contributed by atoms with van der Waals surface area (Å²) in [7, 11) is 0. The molecule has 0 aromatic rings. The number of carbonyl (C=O) groups is 2. The Morgan fingerprint density at radius 2 is 2.12 bits per heavy atom. The summed E-state index contributed by atoms with van der Waals surface area (Å²) < 4.78 is 0. The second-order valence-electron chi connectivity index (χ2n) is 5.89. The van der Waals surface area contributed by atoms with Gasteiger partial charge >= 0.3 is 0 Å². The molecule has 4 nitrogen and oxygen atoms in total. The van der Waals surface area contributed by atoms with Crippen molar-refractivity contribution in [3.8, 4) is 0 Å². The number of carbonyl (C=O) groups excluding carboxylic acids is 2. The quantitative estimate of drug-likeness (QED) is 0.759. The Morgan fingerprint density at radius 1 is 1.35 bits per heavy atom. The second kappa shape index (κ2) is 4.00. The van der Waals surface area contributed by atoms with Crippen LogP contribution in [-0.4, -0.2) is 24.9 Å². The van der Waals surface area contributed by atoms with Crippen LogP contribution in [-0.2, 0) is 9.59 Å². The molecule has 1 heterocycles. The van der Waals surface area contributed by atoms with E-state index in [-0.39, 0.29) is 17.7 Å². The number of nitrogens with one attached hydrogen (secondary N) is 2. The molecule has 2 amide bonds. The summed E-state index contributed by atoms with van der Waals surface area (Å²) in [4.78, 5) is 23.0. The molecule has 1 aliphatic heterocycles. The lowest BCUT2D eigenvalue weighted by molar-refractivity contribution is -0.129. The molecule has 3 fully saturated rings. The van der Waals surface area contributed by atoms with E-state index < -0.39 is 0 Å². The minimum atomic E-state index is -0.0114. The number of rotatable bonds is 4. The van der Waals surface area contributed by atoms with Crippen molar-refractivity contribution in [1.82, 2.24) is 10.6 Å². The zero-order chi connectivity index (χ0) is 11.9. The molecular weight excluding hydrogens is 216 g/mol. The molecule has 1 atom stereocenters. The van der Waals surface area contributed by atoms with Crippen LogP contribution in [0, 0.1) is 17.3 Å². The molecule has 0 spiro atoms. The van der Waals surface area contributed by atoms with E-state index in [1.807, 2.05) is 0 Å². The van der Waals surface area contributed by atoms with E-state index in [9.17, 15) is 9.59 Å². The Morgan fingerprint density at radius 3 is 2.65 bits per heavy atom. The highest BCUT2D eigenvalue weighted by Gasteiger charge is 2.53. The lowest BCUT2D eigenvalue weighted by Crippen LogP contribution is -2.44. The number of hydrogen-bond acceptors (Lipinski definition) is 2. The van der Waals surface area contributed by atoms with Crippen molar-refractivity contribution in [2.24, 2.45) is 17.3 Å². The Hall–Kier alpha value is -1.06. The molecule has 3 aliphatic rings. The maximum absolute atomic E-state index is 12.0. The normalized spacial score (nSPS) is 30.6. The predicted molar refractivity (Wildman–Crippen MR) is 63.1 cm³/mol. The zero-order valence-electron chi connectivity index (χ0n) is 10.1. The molecule has 0 aromatic heterocycles. The molecule has 1 saturated heterocycles. The standard InChI is InChI=1S/C13H20N2O2/c16-11-4-1-9(7-14-11)12(17)15-8-13(5-6-13)10-2-3-10/h9-10H,1-8H2,(H,14,16)(H,15,17).